The van der Waals surface area contributed by atoms with Crippen LogP contribution in [0.15, 0.2) is 30.6 Å². The van der Waals surface area contributed by atoms with Crippen molar-refractivity contribution in [2.24, 2.45) is 0 Å². The maximum Gasteiger partial charge on any atom is 0.237 e. The van der Waals surface area contributed by atoms with Crippen molar-refractivity contribution in [3.63, 3.8) is 0 Å². The Bertz CT molecular complexity index is 715. The van der Waals surface area contributed by atoms with Crippen LogP contribution in [0.1, 0.15) is 17.0 Å². The number of hydrogen-bond acceptors (Lipinski definition) is 5. The molecular formula is C18H25N5O2. The van der Waals surface area contributed by atoms with Crippen LogP contribution in [0.25, 0.3) is 0 Å². The molecule has 0 fully saturated rings. The van der Waals surface area contributed by atoms with E-state index in [1.54, 1.807) is 13.4 Å². The molecule has 1 aromatic carbocycles. The molecular weight excluding hydrogens is 318 g/mol. The summed E-state index contributed by atoms with van der Waals surface area (Å²) in [5.41, 5.74) is 2.57. The number of likely N-dealkylation sites (N-methyl/N-ethyl adjacent to an activating group) is 1. The highest BCUT2D eigenvalue weighted by Crippen LogP contribution is 2.21. The van der Waals surface area contributed by atoms with E-state index < -0.39 is 0 Å². The Morgan fingerprint density at radius 1 is 1.36 bits per heavy atom. The first kappa shape index (κ1) is 17.6. The van der Waals surface area contributed by atoms with Crippen molar-refractivity contribution < 1.29 is 9.53 Å². The molecule has 1 aliphatic heterocycles. The van der Waals surface area contributed by atoms with E-state index in [4.69, 9.17) is 4.74 Å². The van der Waals surface area contributed by atoms with E-state index in [-0.39, 0.29) is 11.9 Å². The van der Waals surface area contributed by atoms with Gasteiger partial charge in [0.2, 0.25) is 5.91 Å². The van der Waals surface area contributed by atoms with Crippen molar-refractivity contribution in [3.8, 4) is 0 Å². The standard InChI is InChI=1S/C18H25N5O2/c1-22-12-15-6-4-3-5-14(15)11-16(22)18(24)19-8-7-17-21-20-13-23(17)9-10-25-2/h3-6,13,16H,7-12H2,1-2H3,(H,19,24)/t16-/m1/s1. The summed E-state index contributed by atoms with van der Waals surface area (Å²) in [6, 6.07) is 8.20. The first-order valence-corrected chi connectivity index (χ1v) is 8.59. The average molecular weight is 343 g/mol. The van der Waals surface area contributed by atoms with Crippen molar-refractivity contribution in [2.75, 3.05) is 27.3 Å². The molecule has 25 heavy (non-hydrogen) atoms. The molecule has 3 rings (SSSR count). The lowest BCUT2D eigenvalue weighted by molar-refractivity contribution is -0.126. The number of benzene rings is 1. The molecule has 7 heteroatoms. The van der Waals surface area contributed by atoms with Crippen LogP contribution < -0.4 is 5.32 Å². The highest BCUT2D eigenvalue weighted by Gasteiger charge is 2.28. The highest BCUT2D eigenvalue weighted by atomic mass is 16.5. The number of amides is 1. The number of carbonyl (C=O) groups is 1. The summed E-state index contributed by atoms with van der Waals surface area (Å²) in [5.74, 6) is 0.930. The summed E-state index contributed by atoms with van der Waals surface area (Å²) in [7, 11) is 3.67. The molecule has 1 atom stereocenters. The molecule has 2 aromatic rings. The SMILES string of the molecule is COCCn1cnnc1CCNC(=O)[C@H]1Cc2ccccc2CN1C. The number of aromatic nitrogens is 3. The molecule has 1 aromatic heterocycles. The van der Waals surface area contributed by atoms with E-state index >= 15 is 0 Å². The number of carbonyl (C=O) groups excluding carboxylic acids is 1. The summed E-state index contributed by atoms with van der Waals surface area (Å²) in [6.45, 7) is 2.69. The van der Waals surface area contributed by atoms with Gasteiger partial charge in [0.25, 0.3) is 0 Å². The van der Waals surface area contributed by atoms with Gasteiger partial charge in [-0.25, -0.2) is 0 Å². The van der Waals surface area contributed by atoms with Crippen molar-refractivity contribution in [3.05, 3.63) is 47.5 Å². The van der Waals surface area contributed by atoms with Gasteiger partial charge in [0, 0.05) is 33.2 Å². The van der Waals surface area contributed by atoms with Crippen LogP contribution in [0, 0.1) is 0 Å². The summed E-state index contributed by atoms with van der Waals surface area (Å²) in [5, 5.41) is 11.1. The van der Waals surface area contributed by atoms with Crippen LogP contribution >= 0.6 is 0 Å². The summed E-state index contributed by atoms with van der Waals surface area (Å²) in [4.78, 5) is 14.7. The summed E-state index contributed by atoms with van der Waals surface area (Å²) >= 11 is 0. The van der Waals surface area contributed by atoms with Crippen molar-refractivity contribution in [2.45, 2.75) is 32.0 Å². The second-order valence-corrected chi connectivity index (χ2v) is 6.38. The molecule has 0 saturated carbocycles. The topological polar surface area (TPSA) is 72.3 Å². The van der Waals surface area contributed by atoms with E-state index in [0.29, 0.717) is 19.6 Å². The van der Waals surface area contributed by atoms with Gasteiger partial charge in [0.15, 0.2) is 0 Å². The Balaban J connectivity index is 1.52. The van der Waals surface area contributed by atoms with Crippen LogP contribution in [-0.4, -0.2) is 58.9 Å². The Hall–Kier alpha value is -2.25. The largest absolute Gasteiger partial charge is 0.383 e. The number of nitrogens with zero attached hydrogens (tertiary/aromatic N) is 4. The molecule has 1 amide bonds. The third-order valence-electron chi connectivity index (χ3n) is 4.67. The number of methoxy groups -OCH3 is 1. The van der Waals surface area contributed by atoms with Crippen LogP contribution in [0.2, 0.25) is 0 Å². The Labute approximate surface area is 148 Å². The van der Waals surface area contributed by atoms with Gasteiger partial charge in [-0.3, -0.25) is 9.69 Å². The van der Waals surface area contributed by atoms with Gasteiger partial charge in [-0.1, -0.05) is 24.3 Å². The second-order valence-electron chi connectivity index (χ2n) is 6.38. The maximum atomic E-state index is 12.6. The minimum Gasteiger partial charge on any atom is -0.383 e. The lowest BCUT2D eigenvalue weighted by atomic mass is 9.94. The maximum absolute atomic E-state index is 12.6. The normalized spacial score (nSPS) is 17.3. The molecule has 7 nitrogen and oxygen atoms in total. The smallest absolute Gasteiger partial charge is 0.237 e. The minimum atomic E-state index is -0.124. The quantitative estimate of drug-likeness (QED) is 0.799. The third-order valence-corrected chi connectivity index (χ3v) is 4.67. The van der Waals surface area contributed by atoms with Crippen LogP contribution in [0.3, 0.4) is 0 Å². The predicted molar refractivity (Wildman–Crippen MR) is 94.0 cm³/mol. The van der Waals surface area contributed by atoms with E-state index in [1.165, 1.54) is 11.1 Å². The first-order valence-electron chi connectivity index (χ1n) is 8.59. The van der Waals surface area contributed by atoms with E-state index in [1.807, 2.05) is 23.7 Å². The van der Waals surface area contributed by atoms with Crippen molar-refractivity contribution >= 4 is 5.91 Å². The molecule has 1 N–H and O–H groups in total. The Morgan fingerprint density at radius 2 is 2.16 bits per heavy atom. The van der Waals surface area contributed by atoms with E-state index in [2.05, 4.69) is 32.5 Å². The number of ether oxygens (including phenoxy) is 1. The monoisotopic (exact) mass is 343 g/mol. The highest BCUT2D eigenvalue weighted by molar-refractivity contribution is 5.82. The summed E-state index contributed by atoms with van der Waals surface area (Å²) < 4.78 is 7.04. The zero-order valence-electron chi connectivity index (χ0n) is 14.8. The van der Waals surface area contributed by atoms with Crippen LogP contribution in [0.5, 0.6) is 0 Å². The zero-order valence-corrected chi connectivity index (χ0v) is 14.8. The molecule has 0 saturated heterocycles. The van der Waals surface area contributed by atoms with E-state index in [9.17, 15) is 4.79 Å². The Morgan fingerprint density at radius 3 is 2.96 bits per heavy atom. The van der Waals surface area contributed by atoms with Crippen molar-refractivity contribution in [1.29, 1.82) is 0 Å². The zero-order chi connectivity index (χ0) is 17.6. The molecule has 0 bridgehead atoms. The number of fused-ring (bicyclic) bond motifs is 1. The van der Waals surface area contributed by atoms with Gasteiger partial charge in [0.1, 0.15) is 12.2 Å². The molecule has 0 radical (unpaired) electrons. The van der Waals surface area contributed by atoms with Gasteiger partial charge in [-0.2, -0.15) is 0 Å². The third kappa shape index (κ3) is 4.24. The second kappa shape index (κ2) is 8.22. The molecule has 134 valence electrons. The molecule has 2 heterocycles. The van der Waals surface area contributed by atoms with Crippen LogP contribution in [0.4, 0.5) is 0 Å². The van der Waals surface area contributed by atoms with Gasteiger partial charge in [-0.15, -0.1) is 10.2 Å². The first-order chi connectivity index (χ1) is 12.2. The average Bonchev–Trinajstić information content (AvgIpc) is 3.06. The lowest BCUT2D eigenvalue weighted by Crippen LogP contribution is -2.48. The predicted octanol–water partition coefficient (Wildman–Crippen LogP) is 0.640. The Kier molecular flexibility index (Phi) is 5.78. The van der Waals surface area contributed by atoms with Gasteiger partial charge >= 0.3 is 0 Å². The van der Waals surface area contributed by atoms with Gasteiger partial charge in [-0.05, 0) is 24.6 Å². The molecule has 0 aliphatic carbocycles. The summed E-state index contributed by atoms with van der Waals surface area (Å²) in [6.07, 6.45) is 3.10. The van der Waals surface area contributed by atoms with Crippen molar-refractivity contribution in [1.82, 2.24) is 25.0 Å². The fourth-order valence-corrected chi connectivity index (χ4v) is 3.21. The van der Waals surface area contributed by atoms with E-state index in [0.717, 1.165) is 25.3 Å². The number of rotatable bonds is 7. The minimum absolute atomic E-state index is 0.0694. The number of nitrogens with one attached hydrogen (secondary N) is 1. The fraction of sp³-hybridized carbons (Fsp3) is 0.500. The lowest BCUT2D eigenvalue weighted by Gasteiger charge is -2.33. The van der Waals surface area contributed by atoms with Crippen LogP contribution in [-0.2, 0) is 35.5 Å². The van der Waals surface area contributed by atoms with Gasteiger partial charge in [0.05, 0.1) is 12.6 Å². The molecule has 1 aliphatic rings. The van der Waals surface area contributed by atoms with Gasteiger partial charge < -0.3 is 14.6 Å². The molecule has 0 unspecified atom stereocenters. The number of hydrogen-bond donors (Lipinski definition) is 1. The molecule has 0 spiro atoms. The fourth-order valence-electron chi connectivity index (χ4n) is 3.21.